The topological polar surface area (TPSA) is 84.8 Å². The summed E-state index contributed by atoms with van der Waals surface area (Å²) in [6.45, 7) is 14.0. The van der Waals surface area contributed by atoms with Gasteiger partial charge in [-0.05, 0) is 57.7 Å². The summed E-state index contributed by atoms with van der Waals surface area (Å²) in [4.78, 5) is 43.0. The summed E-state index contributed by atoms with van der Waals surface area (Å²) in [5.41, 5.74) is 3.85. The first-order valence-electron chi connectivity index (χ1n) is 10.8. The van der Waals surface area contributed by atoms with Crippen LogP contribution in [-0.2, 0) is 19.2 Å². The van der Waals surface area contributed by atoms with Gasteiger partial charge in [0.15, 0.2) is 5.78 Å². The summed E-state index contributed by atoms with van der Waals surface area (Å²) in [6, 6.07) is 4.03. The van der Waals surface area contributed by atoms with Crippen LogP contribution in [-0.4, -0.2) is 35.3 Å². The predicted molar refractivity (Wildman–Crippen MR) is 118 cm³/mol. The molecular formula is C24H34N2O4. The quantitative estimate of drug-likeness (QED) is 0.740. The average molecular weight is 415 g/mol. The first-order chi connectivity index (χ1) is 14.1. The van der Waals surface area contributed by atoms with E-state index in [0.29, 0.717) is 25.1 Å². The summed E-state index contributed by atoms with van der Waals surface area (Å²) in [5, 5.41) is 6.62. The Kier molecular flexibility index (Phi) is 7.56. The van der Waals surface area contributed by atoms with Crippen molar-refractivity contribution in [2.45, 2.75) is 79.2 Å². The van der Waals surface area contributed by atoms with Gasteiger partial charge in [-0.25, -0.2) is 0 Å². The number of amides is 1. The van der Waals surface area contributed by atoms with Crippen LogP contribution in [0.5, 0.6) is 0 Å². The number of rotatable bonds is 5. The summed E-state index contributed by atoms with van der Waals surface area (Å²) in [5.74, 6) is -1.35. The van der Waals surface area contributed by atoms with E-state index < -0.39 is 11.5 Å². The maximum absolute atomic E-state index is 12.9. The lowest BCUT2D eigenvalue weighted by Crippen LogP contribution is -2.34. The lowest BCUT2D eigenvalue weighted by Gasteiger charge is -2.16. The molecule has 164 valence electrons. The van der Waals surface area contributed by atoms with E-state index in [1.165, 1.54) is 0 Å². The highest BCUT2D eigenvalue weighted by Gasteiger charge is 2.43. The second-order valence-corrected chi connectivity index (χ2v) is 8.63. The highest BCUT2D eigenvalue weighted by atomic mass is 16.7. The molecule has 1 aliphatic carbocycles. The first-order valence-corrected chi connectivity index (χ1v) is 10.8. The van der Waals surface area contributed by atoms with Gasteiger partial charge in [0, 0.05) is 25.3 Å². The molecule has 3 rings (SSSR count). The van der Waals surface area contributed by atoms with E-state index in [2.05, 4.69) is 10.5 Å². The van der Waals surface area contributed by atoms with Gasteiger partial charge in [0.2, 0.25) is 0 Å². The van der Waals surface area contributed by atoms with Crippen molar-refractivity contribution < 1.29 is 19.2 Å². The monoisotopic (exact) mass is 414 g/mol. The van der Waals surface area contributed by atoms with Crippen LogP contribution in [0, 0.1) is 26.7 Å². The van der Waals surface area contributed by atoms with Crippen molar-refractivity contribution in [1.29, 1.82) is 0 Å². The predicted octanol–water partition coefficient (Wildman–Crippen LogP) is 3.94. The van der Waals surface area contributed by atoms with Crippen molar-refractivity contribution in [3.8, 4) is 0 Å². The zero-order valence-corrected chi connectivity index (χ0v) is 19.2. The lowest BCUT2D eigenvalue weighted by atomic mass is 9.86. The summed E-state index contributed by atoms with van der Waals surface area (Å²) in [6.07, 6.45) is 1.14. The Morgan fingerprint density at radius 3 is 2.30 bits per heavy atom. The van der Waals surface area contributed by atoms with E-state index in [1.54, 1.807) is 0 Å². The highest BCUT2D eigenvalue weighted by molar-refractivity contribution is 6.39. The van der Waals surface area contributed by atoms with Crippen LogP contribution < -0.4 is 5.32 Å². The maximum Gasteiger partial charge on any atom is 0.269 e. The van der Waals surface area contributed by atoms with E-state index in [-0.39, 0.29) is 29.8 Å². The molecule has 1 aromatic carbocycles. The minimum Gasteiger partial charge on any atom is -0.389 e. The van der Waals surface area contributed by atoms with Gasteiger partial charge in [-0.3, -0.25) is 14.4 Å². The molecule has 6 heteroatoms. The number of oxime groups is 1. The number of hydrogen-bond donors (Lipinski definition) is 1. The van der Waals surface area contributed by atoms with Crippen molar-refractivity contribution in [1.82, 2.24) is 5.32 Å². The molecule has 1 aromatic rings. The standard InChI is InChI=1S/C22H28N2O4.C2H6/c1-12-8-13(2)18(14(3)9-12)19-17(25)10-15(20(19)26)6-7-23-21(27)16-11-22(4,5)28-24-16;1-2/h8-9,15,19H,6-7,10-11H2,1-5H3,(H,23,27);1-2H3. The fourth-order valence-electron chi connectivity index (χ4n) is 4.28. The number of benzene rings is 1. The first kappa shape index (κ1) is 23.8. The Balaban J connectivity index is 0.00000155. The Labute approximate surface area is 179 Å². The number of aryl methyl sites for hydroxylation is 3. The maximum atomic E-state index is 12.9. The average Bonchev–Trinajstić information content (AvgIpc) is 3.16. The minimum atomic E-state index is -0.672. The largest absolute Gasteiger partial charge is 0.389 e. The molecule has 6 nitrogen and oxygen atoms in total. The molecule has 0 radical (unpaired) electrons. The smallest absolute Gasteiger partial charge is 0.269 e. The third-order valence-electron chi connectivity index (χ3n) is 5.52. The third kappa shape index (κ3) is 5.15. The molecule has 1 aliphatic heterocycles. The second-order valence-electron chi connectivity index (χ2n) is 8.63. The van der Waals surface area contributed by atoms with Crippen LogP contribution in [0.2, 0.25) is 0 Å². The van der Waals surface area contributed by atoms with Crippen LogP contribution in [0.1, 0.15) is 75.1 Å². The third-order valence-corrected chi connectivity index (χ3v) is 5.52. The molecule has 1 N–H and O–H groups in total. The second kappa shape index (κ2) is 9.54. The van der Waals surface area contributed by atoms with Crippen molar-refractivity contribution >= 4 is 23.2 Å². The molecule has 2 unspecified atom stereocenters. The van der Waals surface area contributed by atoms with Gasteiger partial charge < -0.3 is 10.2 Å². The number of nitrogens with one attached hydrogen (secondary N) is 1. The van der Waals surface area contributed by atoms with Gasteiger partial charge in [0.25, 0.3) is 5.91 Å². The molecule has 1 fully saturated rings. The molecule has 0 bridgehead atoms. The van der Waals surface area contributed by atoms with Gasteiger partial charge in [-0.2, -0.15) is 0 Å². The number of nitrogens with zero attached hydrogens (tertiary/aromatic N) is 1. The zero-order chi connectivity index (χ0) is 22.6. The number of carbonyl (C=O) groups excluding carboxylic acids is 3. The van der Waals surface area contributed by atoms with Gasteiger partial charge in [0.1, 0.15) is 23.0 Å². The Bertz CT molecular complexity index is 847. The Morgan fingerprint density at radius 2 is 1.77 bits per heavy atom. The molecule has 30 heavy (non-hydrogen) atoms. The van der Waals surface area contributed by atoms with Gasteiger partial charge in [-0.15, -0.1) is 0 Å². The van der Waals surface area contributed by atoms with Gasteiger partial charge in [0.05, 0.1) is 0 Å². The van der Waals surface area contributed by atoms with E-state index in [9.17, 15) is 14.4 Å². The number of carbonyl (C=O) groups is 3. The van der Waals surface area contributed by atoms with Crippen LogP contribution in [0.4, 0.5) is 0 Å². The number of ketones is 2. The Hall–Kier alpha value is -2.50. The molecular weight excluding hydrogens is 380 g/mol. The molecule has 2 aliphatic rings. The molecule has 2 atom stereocenters. The van der Waals surface area contributed by atoms with Crippen molar-refractivity contribution in [3.63, 3.8) is 0 Å². The summed E-state index contributed by atoms with van der Waals surface area (Å²) >= 11 is 0. The summed E-state index contributed by atoms with van der Waals surface area (Å²) in [7, 11) is 0. The summed E-state index contributed by atoms with van der Waals surface area (Å²) < 4.78 is 0. The number of Topliss-reactive ketones (excluding diaryl/α,β-unsaturated/α-hetero) is 2. The lowest BCUT2D eigenvalue weighted by molar-refractivity contribution is -0.125. The van der Waals surface area contributed by atoms with Gasteiger partial charge >= 0.3 is 0 Å². The van der Waals surface area contributed by atoms with Gasteiger partial charge in [-0.1, -0.05) is 36.7 Å². The van der Waals surface area contributed by atoms with Crippen LogP contribution >= 0.6 is 0 Å². The van der Waals surface area contributed by atoms with Crippen molar-refractivity contribution in [2.24, 2.45) is 11.1 Å². The van der Waals surface area contributed by atoms with E-state index in [1.807, 2.05) is 60.6 Å². The highest BCUT2D eigenvalue weighted by Crippen LogP contribution is 2.37. The van der Waals surface area contributed by atoms with Crippen LogP contribution in [0.3, 0.4) is 0 Å². The number of hydrogen-bond acceptors (Lipinski definition) is 5. The molecule has 0 aromatic heterocycles. The van der Waals surface area contributed by atoms with E-state index in [4.69, 9.17) is 4.84 Å². The SMILES string of the molecule is CC.Cc1cc(C)c(C2C(=O)CC(CCNC(=O)C3=NOC(C)(C)C3)C2=O)c(C)c1. The fourth-order valence-corrected chi connectivity index (χ4v) is 4.28. The molecule has 0 spiro atoms. The van der Waals surface area contributed by atoms with E-state index in [0.717, 1.165) is 22.3 Å². The van der Waals surface area contributed by atoms with Crippen LogP contribution in [0.15, 0.2) is 17.3 Å². The molecule has 1 saturated carbocycles. The van der Waals surface area contributed by atoms with Crippen molar-refractivity contribution in [3.05, 3.63) is 34.4 Å². The van der Waals surface area contributed by atoms with Crippen molar-refractivity contribution in [2.75, 3.05) is 6.54 Å². The Morgan fingerprint density at radius 1 is 1.17 bits per heavy atom. The van der Waals surface area contributed by atoms with E-state index >= 15 is 0 Å². The molecule has 1 heterocycles. The zero-order valence-electron chi connectivity index (χ0n) is 19.2. The molecule has 0 saturated heterocycles. The van der Waals surface area contributed by atoms with Crippen LogP contribution in [0.25, 0.3) is 0 Å². The molecule has 1 amide bonds. The normalized spacial score (nSPS) is 22.2. The minimum absolute atomic E-state index is 0.0216. The fraction of sp³-hybridized carbons (Fsp3) is 0.583.